The van der Waals surface area contributed by atoms with Crippen molar-refractivity contribution in [1.29, 1.82) is 0 Å². The van der Waals surface area contributed by atoms with E-state index in [1.54, 1.807) is 19.1 Å². The smallest absolute Gasteiger partial charge is 0.279 e. The van der Waals surface area contributed by atoms with Crippen molar-refractivity contribution in [3.05, 3.63) is 34.7 Å². The van der Waals surface area contributed by atoms with Gasteiger partial charge in [-0.05, 0) is 24.6 Å². The van der Waals surface area contributed by atoms with Crippen molar-refractivity contribution in [2.75, 3.05) is 10.5 Å². The highest BCUT2D eigenvalue weighted by Crippen LogP contribution is 2.29. The largest absolute Gasteiger partial charge is 0.397 e. The van der Waals surface area contributed by atoms with Crippen LogP contribution in [-0.4, -0.2) is 18.4 Å². The Kier molecular flexibility index (Phi) is 3.31. The number of nitrogens with two attached hydrogens (primary N) is 1. The van der Waals surface area contributed by atoms with E-state index in [9.17, 15) is 8.42 Å². The fourth-order valence-corrected chi connectivity index (χ4v) is 3.14. The minimum atomic E-state index is -3.69. The molecule has 4 N–H and O–H groups in total. The van der Waals surface area contributed by atoms with Gasteiger partial charge in [-0.2, -0.15) is 8.42 Å². The Bertz CT molecular complexity index is 644. The summed E-state index contributed by atoms with van der Waals surface area (Å²) < 4.78 is 27.2. The second-order valence-corrected chi connectivity index (χ2v) is 6.27. The van der Waals surface area contributed by atoms with Crippen molar-refractivity contribution in [2.45, 2.75) is 11.9 Å². The van der Waals surface area contributed by atoms with Crippen molar-refractivity contribution in [3.8, 4) is 0 Å². The second-order valence-electron chi connectivity index (χ2n) is 3.71. The molecule has 0 saturated heterocycles. The molecule has 0 fully saturated rings. The van der Waals surface area contributed by atoms with Crippen LogP contribution in [0, 0.1) is 6.92 Å². The molecule has 18 heavy (non-hydrogen) atoms. The maximum absolute atomic E-state index is 12.0. The fourth-order valence-electron chi connectivity index (χ4n) is 1.49. The number of nitrogens with zero attached hydrogens (tertiary/aromatic N) is 1. The van der Waals surface area contributed by atoms with E-state index in [0.29, 0.717) is 11.4 Å². The molecule has 0 unspecified atom stereocenters. The van der Waals surface area contributed by atoms with Crippen LogP contribution in [-0.2, 0) is 10.0 Å². The predicted molar refractivity (Wildman–Crippen MR) is 72.7 cm³/mol. The number of halogens is 1. The summed E-state index contributed by atoms with van der Waals surface area (Å²) in [5.41, 5.74) is 7.25. The number of nitrogens with one attached hydrogen (secondary N) is 2. The van der Waals surface area contributed by atoms with Gasteiger partial charge >= 0.3 is 0 Å². The molecule has 0 amide bonds. The third-order valence-corrected chi connectivity index (χ3v) is 4.06. The zero-order chi connectivity index (χ0) is 13.3. The minimum absolute atomic E-state index is 0.00998. The Hall–Kier alpha value is -1.54. The topological polar surface area (TPSA) is 101 Å². The molecule has 96 valence electrons. The number of rotatable bonds is 3. The summed E-state index contributed by atoms with van der Waals surface area (Å²) in [6.45, 7) is 1.77. The Morgan fingerprint density at radius 1 is 1.44 bits per heavy atom. The summed E-state index contributed by atoms with van der Waals surface area (Å²) in [4.78, 5) is 6.21. The van der Waals surface area contributed by atoms with Gasteiger partial charge in [0, 0.05) is 4.47 Å². The molecule has 1 aromatic heterocycles. The lowest BCUT2D eigenvalue weighted by Gasteiger charge is -2.12. The third-order valence-electron chi connectivity index (χ3n) is 2.33. The maximum Gasteiger partial charge on any atom is 0.279 e. The lowest BCUT2D eigenvalue weighted by Crippen LogP contribution is -2.15. The lowest BCUT2D eigenvalue weighted by molar-refractivity contribution is 0.598. The van der Waals surface area contributed by atoms with Gasteiger partial charge in [0.25, 0.3) is 10.0 Å². The van der Waals surface area contributed by atoms with Crippen LogP contribution in [0.15, 0.2) is 34.2 Å². The van der Waals surface area contributed by atoms with Crippen molar-refractivity contribution < 1.29 is 8.42 Å². The van der Waals surface area contributed by atoms with E-state index in [2.05, 4.69) is 30.6 Å². The molecule has 1 heterocycles. The first-order valence-corrected chi connectivity index (χ1v) is 7.24. The first kappa shape index (κ1) is 12.9. The summed E-state index contributed by atoms with van der Waals surface area (Å²) in [6.07, 6.45) is 2.53. The Labute approximate surface area is 113 Å². The molecule has 0 aliphatic heterocycles. The van der Waals surface area contributed by atoms with Crippen LogP contribution in [0.3, 0.4) is 0 Å². The third kappa shape index (κ3) is 2.49. The molecule has 2 rings (SSSR count). The number of imidazole rings is 1. The molecule has 0 bridgehead atoms. The van der Waals surface area contributed by atoms with Gasteiger partial charge in [0.15, 0.2) is 5.03 Å². The van der Waals surface area contributed by atoms with Crippen LogP contribution in [0.25, 0.3) is 0 Å². The number of nitrogen functional groups attached to an aromatic ring is 1. The highest BCUT2D eigenvalue weighted by atomic mass is 79.9. The monoisotopic (exact) mass is 330 g/mol. The normalized spacial score (nSPS) is 11.4. The molecule has 1 aromatic carbocycles. The van der Waals surface area contributed by atoms with Crippen LogP contribution in [0.2, 0.25) is 0 Å². The maximum atomic E-state index is 12.0. The van der Waals surface area contributed by atoms with E-state index < -0.39 is 10.0 Å². The summed E-state index contributed by atoms with van der Waals surface area (Å²) >= 11 is 3.29. The van der Waals surface area contributed by atoms with Gasteiger partial charge in [-0.25, -0.2) is 4.98 Å². The van der Waals surface area contributed by atoms with Gasteiger partial charge in [-0.15, -0.1) is 0 Å². The number of benzene rings is 1. The van der Waals surface area contributed by atoms with Crippen molar-refractivity contribution in [3.63, 3.8) is 0 Å². The van der Waals surface area contributed by atoms with E-state index in [4.69, 9.17) is 5.73 Å². The average Bonchev–Trinajstić information content (AvgIpc) is 2.77. The summed E-state index contributed by atoms with van der Waals surface area (Å²) in [7, 11) is -3.69. The Morgan fingerprint density at radius 2 is 2.17 bits per heavy atom. The van der Waals surface area contributed by atoms with E-state index >= 15 is 0 Å². The summed E-state index contributed by atoms with van der Waals surface area (Å²) in [5, 5.41) is -0.00998. The molecule has 0 spiro atoms. The van der Waals surface area contributed by atoms with Gasteiger partial charge in [-0.3, -0.25) is 4.72 Å². The Balaban J connectivity index is 2.42. The molecule has 0 aliphatic rings. The van der Waals surface area contributed by atoms with Crippen LogP contribution >= 0.6 is 15.9 Å². The van der Waals surface area contributed by atoms with Crippen LogP contribution < -0.4 is 10.5 Å². The number of sulfonamides is 1. The van der Waals surface area contributed by atoms with E-state index in [-0.39, 0.29) is 5.03 Å². The van der Waals surface area contributed by atoms with Crippen LogP contribution in [0.1, 0.15) is 5.56 Å². The Morgan fingerprint density at radius 3 is 2.72 bits per heavy atom. The van der Waals surface area contributed by atoms with Gasteiger partial charge < -0.3 is 10.7 Å². The second kappa shape index (κ2) is 4.62. The van der Waals surface area contributed by atoms with Gasteiger partial charge in [-0.1, -0.05) is 15.9 Å². The molecule has 0 aliphatic carbocycles. The lowest BCUT2D eigenvalue weighted by atomic mass is 10.2. The van der Waals surface area contributed by atoms with Gasteiger partial charge in [0.1, 0.15) is 0 Å². The highest BCUT2D eigenvalue weighted by Gasteiger charge is 2.18. The molecular weight excluding hydrogens is 320 g/mol. The molecule has 2 aromatic rings. The summed E-state index contributed by atoms with van der Waals surface area (Å²) in [5.74, 6) is 0. The fraction of sp³-hybridized carbons (Fsp3) is 0.100. The SMILES string of the molecule is Cc1cc(Br)cc(N)c1NS(=O)(=O)c1cnc[nH]1. The van der Waals surface area contributed by atoms with E-state index in [1.165, 1.54) is 12.5 Å². The van der Waals surface area contributed by atoms with Gasteiger partial charge in [0.2, 0.25) is 0 Å². The number of anilines is 2. The average molecular weight is 331 g/mol. The summed E-state index contributed by atoms with van der Waals surface area (Å²) in [6, 6.07) is 3.42. The molecular formula is C10H11BrN4O2S. The zero-order valence-corrected chi connectivity index (χ0v) is 11.8. The number of hydrogen-bond donors (Lipinski definition) is 3. The number of hydrogen-bond acceptors (Lipinski definition) is 4. The highest BCUT2D eigenvalue weighted by molar-refractivity contribution is 9.10. The van der Waals surface area contributed by atoms with Crippen molar-refractivity contribution in [1.82, 2.24) is 9.97 Å². The van der Waals surface area contributed by atoms with Crippen molar-refractivity contribution in [2.24, 2.45) is 0 Å². The van der Waals surface area contributed by atoms with Gasteiger partial charge in [0.05, 0.1) is 23.9 Å². The minimum Gasteiger partial charge on any atom is -0.397 e. The van der Waals surface area contributed by atoms with Crippen LogP contribution in [0.5, 0.6) is 0 Å². The van der Waals surface area contributed by atoms with E-state index in [1.807, 2.05) is 0 Å². The van der Waals surface area contributed by atoms with E-state index in [0.717, 1.165) is 10.0 Å². The zero-order valence-electron chi connectivity index (χ0n) is 9.44. The number of aromatic amines is 1. The number of aryl methyl sites for hydroxylation is 1. The van der Waals surface area contributed by atoms with Crippen molar-refractivity contribution >= 4 is 37.3 Å². The predicted octanol–water partition coefficient (Wildman–Crippen LogP) is 1.86. The molecule has 8 heteroatoms. The molecule has 0 saturated carbocycles. The number of H-pyrrole nitrogens is 1. The number of aromatic nitrogens is 2. The first-order valence-electron chi connectivity index (χ1n) is 4.97. The first-order chi connectivity index (χ1) is 8.40. The quantitative estimate of drug-likeness (QED) is 0.747. The molecule has 0 atom stereocenters. The van der Waals surface area contributed by atoms with Crippen LogP contribution in [0.4, 0.5) is 11.4 Å². The molecule has 0 radical (unpaired) electrons. The standard InChI is InChI=1S/C10H11BrN4O2S/c1-6-2-7(11)3-8(12)10(6)15-18(16,17)9-4-13-5-14-9/h2-5,15H,12H2,1H3,(H,13,14). The molecule has 6 nitrogen and oxygen atoms in total.